The number of aliphatic hydroxyl groups is 3. The van der Waals surface area contributed by atoms with Gasteiger partial charge in [0, 0.05) is 49.4 Å². The van der Waals surface area contributed by atoms with Gasteiger partial charge in [-0.1, -0.05) is 18.3 Å². The first-order valence-corrected chi connectivity index (χ1v) is 13.5. The van der Waals surface area contributed by atoms with Crippen LogP contribution < -0.4 is 10.6 Å². The van der Waals surface area contributed by atoms with Crippen molar-refractivity contribution in [1.29, 1.82) is 0 Å². The van der Waals surface area contributed by atoms with Crippen LogP contribution in [0.2, 0.25) is 0 Å². The Morgan fingerprint density at radius 3 is 2.63 bits per heavy atom. The fourth-order valence-electron chi connectivity index (χ4n) is 4.54. The predicted octanol–water partition coefficient (Wildman–Crippen LogP) is 2.91. The Labute approximate surface area is 225 Å². The summed E-state index contributed by atoms with van der Waals surface area (Å²) in [6.07, 6.45) is 4.83. The van der Waals surface area contributed by atoms with Gasteiger partial charge in [0.2, 0.25) is 0 Å². The van der Waals surface area contributed by atoms with Crippen molar-refractivity contribution in [3.05, 3.63) is 54.2 Å². The third-order valence-electron chi connectivity index (χ3n) is 6.43. The largest absolute Gasteiger partial charge is 0.392 e. The summed E-state index contributed by atoms with van der Waals surface area (Å²) in [5.74, 6) is 0.349. The molecule has 1 aromatic carbocycles. The number of rotatable bonds is 9. The molecule has 2 unspecified atom stereocenters. The number of hydrogen-bond donors (Lipinski definition) is 5. The SMILES string of the molecule is CCNC(O)Nc1nc2cc(-c3cnc(C(C)(C)O)nc3)cc(-c3cc(CN4CCC(O)C4)ccn3)c2s1. The van der Waals surface area contributed by atoms with Crippen LogP contribution in [0.15, 0.2) is 42.9 Å². The van der Waals surface area contributed by atoms with Crippen LogP contribution in [0, 0.1) is 0 Å². The van der Waals surface area contributed by atoms with E-state index in [1.165, 1.54) is 11.3 Å². The first-order valence-electron chi connectivity index (χ1n) is 12.7. The Hall–Kier alpha value is -3.06. The smallest absolute Gasteiger partial charge is 0.186 e. The highest BCUT2D eigenvalue weighted by Crippen LogP contribution is 2.38. The van der Waals surface area contributed by atoms with Crippen LogP contribution in [0.1, 0.15) is 38.6 Å². The molecule has 200 valence electrons. The average molecular weight is 536 g/mol. The van der Waals surface area contributed by atoms with Gasteiger partial charge in [0.15, 0.2) is 17.3 Å². The number of aromatic nitrogens is 4. The first-order chi connectivity index (χ1) is 18.2. The molecule has 0 aliphatic carbocycles. The monoisotopic (exact) mass is 535 g/mol. The van der Waals surface area contributed by atoms with E-state index in [1.807, 2.05) is 25.3 Å². The quantitative estimate of drug-likeness (QED) is 0.203. The Morgan fingerprint density at radius 2 is 1.95 bits per heavy atom. The molecule has 11 heteroatoms. The molecule has 5 N–H and O–H groups in total. The lowest BCUT2D eigenvalue weighted by Gasteiger charge is -2.16. The summed E-state index contributed by atoms with van der Waals surface area (Å²) in [6.45, 7) is 8.12. The van der Waals surface area contributed by atoms with Gasteiger partial charge in [0.25, 0.3) is 0 Å². The zero-order valence-corrected chi connectivity index (χ0v) is 22.5. The lowest BCUT2D eigenvalue weighted by Crippen LogP contribution is -2.35. The van der Waals surface area contributed by atoms with E-state index < -0.39 is 12.0 Å². The summed E-state index contributed by atoms with van der Waals surface area (Å²) in [5.41, 5.74) is 4.13. The van der Waals surface area contributed by atoms with Crippen molar-refractivity contribution in [3.8, 4) is 22.4 Å². The molecule has 10 nitrogen and oxygen atoms in total. The van der Waals surface area contributed by atoms with Crippen molar-refractivity contribution in [2.24, 2.45) is 0 Å². The molecule has 4 aromatic rings. The first kappa shape index (κ1) is 26.5. The molecule has 1 saturated heterocycles. The zero-order valence-electron chi connectivity index (χ0n) is 21.7. The molecular weight excluding hydrogens is 502 g/mol. The topological polar surface area (TPSA) is 140 Å². The van der Waals surface area contributed by atoms with E-state index in [9.17, 15) is 15.3 Å². The van der Waals surface area contributed by atoms with Crippen LogP contribution >= 0.6 is 11.3 Å². The molecule has 2 atom stereocenters. The minimum Gasteiger partial charge on any atom is -0.392 e. The zero-order chi connectivity index (χ0) is 26.9. The number of β-amino-alcohol motifs (C(OH)–C–C–N with tert-alkyl or cyclic N) is 1. The van der Waals surface area contributed by atoms with Crippen LogP contribution in [0.4, 0.5) is 5.13 Å². The molecule has 1 aliphatic rings. The Balaban J connectivity index is 1.56. The Kier molecular flexibility index (Phi) is 7.66. The second-order valence-corrected chi connectivity index (χ2v) is 11.1. The fraction of sp³-hybridized carbons (Fsp3) is 0.407. The number of aliphatic hydroxyl groups excluding tert-OH is 2. The molecule has 38 heavy (non-hydrogen) atoms. The standard InChI is InChI=1S/C27H33N7O3S/c1-4-28-25(36)33-26-32-22-11-17(18-12-30-24(31-13-18)27(2,3)37)10-20(23(22)38-26)21-9-16(5-7-29-21)14-34-8-6-19(35)15-34/h5,7,9-13,19,25,28,35-37H,4,6,8,14-15H2,1-3H3,(H,32,33). The van der Waals surface area contributed by atoms with Crippen LogP contribution in [-0.4, -0.2) is 72.2 Å². The third-order valence-corrected chi connectivity index (χ3v) is 7.47. The molecule has 0 saturated carbocycles. The van der Waals surface area contributed by atoms with E-state index in [0.717, 1.165) is 57.7 Å². The van der Waals surface area contributed by atoms with Crippen molar-refractivity contribution in [3.63, 3.8) is 0 Å². The van der Waals surface area contributed by atoms with Gasteiger partial charge in [-0.2, -0.15) is 0 Å². The molecule has 0 radical (unpaired) electrons. The molecule has 5 rings (SSSR count). The van der Waals surface area contributed by atoms with Crippen LogP contribution in [0.25, 0.3) is 32.6 Å². The Morgan fingerprint density at radius 1 is 1.16 bits per heavy atom. The minimum atomic E-state index is -1.13. The lowest BCUT2D eigenvalue weighted by molar-refractivity contribution is 0.0687. The third kappa shape index (κ3) is 5.98. The summed E-state index contributed by atoms with van der Waals surface area (Å²) in [6, 6.07) is 8.11. The van der Waals surface area contributed by atoms with Crippen molar-refractivity contribution in [2.75, 3.05) is 25.0 Å². The van der Waals surface area contributed by atoms with Gasteiger partial charge in [-0.05, 0) is 62.2 Å². The molecule has 0 bridgehead atoms. The van der Waals surface area contributed by atoms with Crippen molar-refractivity contribution < 1.29 is 15.3 Å². The molecule has 0 spiro atoms. The van der Waals surface area contributed by atoms with E-state index >= 15 is 0 Å². The maximum atomic E-state index is 10.2. The summed E-state index contributed by atoms with van der Waals surface area (Å²) < 4.78 is 0.940. The number of nitrogens with one attached hydrogen (secondary N) is 2. The number of nitrogens with zero attached hydrogens (tertiary/aromatic N) is 5. The summed E-state index contributed by atoms with van der Waals surface area (Å²) in [7, 11) is 0. The lowest BCUT2D eigenvalue weighted by atomic mass is 10.0. The van der Waals surface area contributed by atoms with Crippen molar-refractivity contribution in [2.45, 2.75) is 51.8 Å². The second-order valence-electron chi connectivity index (χ2n) is 10.1. The number of fused-ring (bicyclic) bond motifs is 1. The molecular formula is C27H33N7O3S. The van der Waals surface area contributed by atoms with Crippen molar-refractivity contribution in [1.82, 2.24) is 30.2 Å². The molecule has 3 aromatic heterocycles. The van der Waals surface area contributed by atoms with Crippen LogP contribution in [-0.2, 0) is 12.1 Å². The highest BCUT2D eigenvalue weighted by Gasteiger charge is 2.22. The van der Waals surface area contributed by atoms with Gasteiger partial charge in [-0.15, -0.1) is 0 Å². The number of benzene rings is 1. The van der Waals surface area contributed by atoms with Gasteiger partial charge in [0.1, 0.15) is 5.60 Å². The van der Waals surface area contributed by atoms with E-state index in [-0.39, 0.29) is 6.10 Å². The van der Waals surface area contributed by atoms with E-state index in [4.69, 9.17) is 9.97 Å². The minimum absolute atomic E-state index is 0.265. The fourth-order valence-corrected chi connectivity index (χ4v) is 5.53. The maximum Gasteiger partial charge on any atom is 0.186 e. The number of likely N-dealkylation sites (tertiary alicyclic amines) is 1. The summed E-state index contributed by atoms with van der Waals surface area (Å²) >= 11 is 1.45. The molecule has 0 amide bonds. The Bertz CT molecular complexity index is 1400. The van der Waals surface area contributed by atoms with E-state index in [0.29, 0.717) is 24.0 Å². The molecule has 4 heterocycles. The van der Waals surface area contributed by atoms with Gasteiger partial charge < -0.3 is 20.6 Å². The number of anilines is 1. The normalized spacial score (nSPS) is 17.3. The van der Waals surface area contributed by atoms with E-state index in [1.54, 1.807) is 26.2 Å². The average Bonchev–Trinajstić information content (AvgIpc) is 3.48. The van der Waals surface area contributed by atoms with Crippen LogP contribution in [0.3, 0.4) is 0 Å². The molecule has 1 fully saturated rings. The second kappa shape index (κ2) is 11.0. The number of hydrogen-bond acceptors (Lipinski definition) is 11. The highest BCUT2D eigenvalue weighted by molar-refractivity contribution is 7.22. The predicted molar refractivity (Wildman–Crippen MR) is 148 cm³/mol. The van der Waals surface area contributed by atoms with Gasteiger partial charge >= 0.3 is 0 Å². The van der Waals surface area contributed by atoms with Gasteiger partial charge in [-0.3, -0.25) is 15.2 Å². The van der Waals surface area contributed by atoms with Crippen molar-refractivity contribution >= 4 is 26.7 Å². The summed E-state index contributed by atoms with van der Waals surface area (Å²) in [4.78, 5) is 20.4. The number of thiazole rings is 1. The van der Waals surface area contributed by atoms with Crippen LogP contribution in [0.5, 0.6) is 0 Å². The summed E-state index contributed by atoms with van der Waals surface area (Å²) in [5, 5.41) is 36.9. The number of pyridine rings is 1. The highest BCUT2D eigenvalue weighted by atomic mass is 32.1. The van der Waals surface area contributed by atoms with Gasteiger partial charge in [0.05, 0.1) is 22.0 Å². The van der Waals surface area contributed by atoms with Gasteiger partial charge in [-0.25, -0.2) is 15.0 Å². The molecule has 1 aliphatic heterocycles. The van der Waals surface area contributed by atoms with E-state index in [2.05, 4.69) is 37.6 Å². The maximum absolute atomic E-state index is 10.2.